The minimum atomic E-state index is -1.41. The van der Waals surface area contributed by atoms with Gasteiger partial charge in [0.2, 0.25) is 0 Å². The molecule has 2 aromatic heterocycles. The molecule has 0 unspecified atom stereocenters. The van der Waals surface area contributed by atoms with Gasteiger partial charge in [-0.3, -0.25) is 0 Å². The molecule has 0 atom stereocenters. The number of aromatic nitrogens is 4. The summed E-state index contributed by atoms with van der Waals surface area (Å²) in [6, 6.07) is 0. The first kappa shape index (κ1) is 16.1. The molecule has 0 aliphatic carbocycles. The Hall–Kier alpha value is -1.26. The Labute approximate surface area is 132 Å². The molecule has 2 aromatic rings. The van der Waals surface area contributed by atoms with E-state index in [1.165, 1.54) is 23.3 Å². The van der Waals surface area contributed by atoms with E-state index >= 15 is 0 Å². The predicted octanol–water partition coefficient (Wildman–Crippen LogP) is -3.15. The number of anilines is 1. The topological polar surface area (TPSA) is 46.3 Å². The molecular weight excluding hydrogens is 255 g/mol. The van der Waals surface area contributed by atoms with E-state index in [1.807, 2.05) is 0 Å². The molecule has 11 heteroatoms. The largest absolute Gasteiger partial charge is 0.381 e. The van der Waals surface area contributed by atoms with Crippen molar-refractivity contribution in [1.82, 2.24) is 19.6 Å². The third-order valence-corrected chi connectivity index (χ3v) is 2.88. The average molecular weight is 264 g/mol. The van der Waals surface area contributed by atoms with Gasteiger partial charge < -0.3 is 4.90 Å². The minimum Gasteiger partial charge on any atom is -0.381 e. The van der Waals surface area contributed by atoms with Gasteiger partial charge >= 0.3 is 0 Å². The van der Waals surface area contributed by atoms with E-state index in [2.05, 4.69) is 15.1 Å². The second-order valence-corrected chi connectivity index (χ2v) is 5.40. The van der Waals surface area contributed by atoms with Crippen LogP contribution in [0.15, 0.2) is 0 Å². The van der Waals surface area contributed by atoms with Crippen molar-refractivity contribution < 1.29 is 0 Å². The minimum absolute atomic E-state index is 0.0280. The molecule has 0 aliphatic heterocycles. The molecule has 0 bridgehead atoms. The van der Waals surface area contributed by atoms with Gasteiger partial charge in [0, 0.05) is 5.69 Å². The molecule has 0 N–H and O–H groups in total. The highest BCUT2D eigenvalue weighted by molar-refractivity contribution is 6.48. The lowest BCUT2D eigenvalue weighted by atomic mass is 9.54. The maximum Gasteiger partial charge on any atom is 0.253 e. The van der Waals surface area contributed by atoms with Crippen molar-refractivity contribution in [3.8, 4) is 0 Å². The lowest BCUT2D eigenvalue weighted by Crippen LogP contribution is -2.62. The van der Waals surface area contributed by atoms with Gasteiger partial charge in [-0.05, 0) is 23.1 Å². The van der Waals surface area contributed by atoms with Crippen LogP contribution in [0.25, 0.3) is 5.78 Å². The number of hydrogen-bond donors (Lipinski definition) is 0. The van der Waals surface area contributed by atoms with Crippen LogP contribution in [0.4, 0.5) is 5.82 Å². The Balaban J connectivity index is 2.88. The standard InChI is InChI=1S/C10H9B6N5/c1-4-5(11)6(20-8(17-4)18-7(12)19-20)21(9(2,13)14)10(3,15)16/h1-3H3. The first-order chi connectivity index (χ1) is 9.43. The van der Waals surface area contributed by atoms with Crippen molar-refractivity contribution in [3.63, 3.8) is 0 Å². The van der Waals surface area contributed by atoms with E-state index in [9.17, 15) is 0 Å². The molecule has 92 valence electrons. The number of hydrogen-bond acceptors (Lipinski definition) is 4. The Morgan fingerprint density at radius 1 is 1.00 bits per heavy atom. The summed E-state index contributed by atoms with van der Waals surface area (Å²) in [6.45, 7) is 4.77. The average Bonchev–Trinajstić information content (AvgIpc) is 2.61. The van der Waals surface area contributed by atoms with Crippen molar-refractivity contribution in [1.29, 1.82) is 0 Å². The van der Waals surface area contributed by atoms with E-state index in [-0.39, 0.29) is 22.8 Å². The van der Waals surface area contributed by atoms with Crippen molar-refractivity contribution in [3.05, 3.63) is 5.69 Å². The Kier molecular flexibility index (Phi) is 3.75. The molecule has 5 nitrogen and oxygen atoms in total. The van der Waals surface area contributed by atoms with Gasteiger partial charge in [-0.25, -0.2) is 9.97 Å². The van der Waals surface area contributed by atoms with E-state index in [4.69, 9.17) is 47.1 Å². The van der Waals surface area contributed by atoms with E-state index in [0.29, 0.717) is 5.69 Å². The molecule has 0 amide bonds. The number of fused-ring (bicyclic) bond motifs is 1. The quantitative estimate of drug-likeness (QED) is 0.549. The Morgan fingerprint density at radius 2 is 1.52 bits per heavy atom. The zero-order valence-electron chi connectivity index (χ0n) is 12.2. The van der Waals surface area contributed by atoms with Crippen molar-refractivity contribution in [2.45, 2.75) is 31.4 Å². The van der Waals surface area contributed by atoms with Crippen LogP contribution in [0, 0.1) is 6.92 Å². The highest BCUT2D eigenvalue weighted by Crippen LogP contribution is 2.25. The van der Waals surface area contributed by atoms with Crippen LogP contribution < -0.4 is 16.1 Å². The lowest BCUT2D eigenvalue weighted by Gasteiger charge is -2.50. The monoisotopic (exact) mass is 265 g/mol. The zero-order chi connectivity index (χ0) is 16.2. The maximum absolute atomic E-state index is 6.10. The Morgan fingerprint density at radius 3 is 2.00 bits per heavy atom. The molecule has 0 aliphatic rings. The van der Waals surface area contributed by atoms with Crippen molar-refractivity contribution >= 4 is 69.9 Å². The van der Waals surface area contributed by atoms with Crippen LogP contribution in [-0.4, -0.2) is 77.3 Å². The zero-order valence-corrected chi connectivity index (χ0v) is 12.2. The van der Waals surface area contributed by atoms with E-state index in [0.717, 1.165) is 0 Å². The summed E-state index contributed by atoms with van der Waals surface area (Å²) in [7, 11) is 35.7. The van der Waals surface area contributed by atoms with Crippen molar-refractivity contribution in [2.75, 3.05) is 4.90 Å². The first-order valence-electron chi connectivity index (χ1n) is 6.17. The third-order valence-electron chi connectivity index (χ3n) is 2.88. The molecule has 0 fully saturated rings. The van der Waals surface area contributed by atoms with Gasteiger partial charge in [0.15, 0.2) is 7.85 Å². The summed E-state index contributed by atoms with van der Waals surface area (Å²) in [4.78, 5) is 9.53. The third kappa shape index (κ3) is 2.87. The van der Waals surface area contributed by atoms with Crippen LogP contribution in [-0.2, 0) is 0 Å². The molecule has 0 aromatic carbocycles. The summed E-state index contributed by atoms with van der Waals surface area (Å²) in [5.41, 5.74) is 0.806. The fourth-order valence-electron chi connectivity index (χ4n) is 2.21. The molecule has 0 saturated heterocycles. The van der Waals surface area contributed by atoms with Gasteiger partial charge in [-0.2, -0.15) is 9.61 Å². The van der Waals surface area contributed by atoms with Gasteiger partial charge in [0.05, 0.1) is 37.1 Å². The SMILES string of the molecule is [B]c1nc2nc(C)c([B])c(N(C([B])([B])C)C([B])([B])C)n2n1. The molecule has 2 rings (SSSR count). The normalized spacial score (nSPS) is 12.7. The van der Waals surface area contributed by atoms with Gasteiger partial charge in [-0.1, -0.05) is 13.8 Å². The molecule has 0 saturated carbocycles. The smallest absolute Gasteiger partial charge is 0.253 e. The summed E-state index contributed by atoms with van der Waals surface area (Å²) in [6.07, 6.45) is 0. The summed E-state index contributed by atoms with van der Waals surface area (Å²) >= 11 is 0. The van der Waals surface area contributed by atoms with Crippen LogP contribution in [0.1, 0.15) is 19.5 Å². The van der Waals surface area contributed by atoms with Gasteiger partial charge in [-0.15, -0.1) is 0 Å². The van der Waals surface area contributed by atoms with Crippen LogP contribution in [0.5, 0.6) is 0 Å². The second-order valence-electron chi connectivity index (χ2n) is 5.40. The van der Waals surface area contributed by atoms with E-state index in [1.54, 1.807) is 6.92 Å². The fourth-order valence-corrected chi connectivity index (χ4v) is 2.21. The van der Waals surface area contributed by atoms with Gasteiger partial charge in [0.25, 0.3) is 5.78 Å². The molecule has 0 spiro atoms. The molecular formula is C10H9B6N5. The summed E-state index contributed by atoms with van der Waals surface area (Å²) in [5.74, 6) is 0.523. The van der Waals surface area contributed by atoms with Crippen LogP contribution in [0.3, 0.4) is 0 Å². The predicted molar refractivity (Wildman–Crippen MR) is 88.6 cm³/mol. The maximum atomic E-state index is 6.10. The summed E-state index contributed by atoms with van der Waals surface area (Å²) in [5, 5.41) is 1.22. The second kappa shape index (κ2) is 4.89. The molecule has 21 heavy (non-hydrogen) atoms. The summed E-state index contributed by atoms with van der Waals surface area (Å²) < 4.78 is 1.31. The van der Waals surface area contributed by atoms with E-state index < -0.39 is 10.7 Å². The lowest BCUT2D eigenvalue weighted by molar-refractivity contribution is 0.653. The van der Waals surface area contributed by atoms with Crippen LogP contribution in [0.2, 0.25) is 0 Å². The highest BCUT2D eigenvalue weighted by Gasteiger charge is 2.33. The number of aryl methyl sites for hydroxylation is 1. The fraction of sp³-hybridized carbons (Fsp3) is 0.500. The first-order valence-corrected chi connectivity index (χ1v) is 6.17. The Bertz CT molecular complexity index is 672. The molecule has 2 heterocycles. The number of rotatable bonds is 3. The van der Waals surface area contributed by atoms with Crippen molar-refractivity contribution in [2.24, 2.45) is 0 Å². The number of nitrogens with zero attached hydrogens (tertiary/aromatic N) is 5. The highest BCUT2D eigenvalue weighted by atomic mass is 15.4. The van der Waals surface area contributed by atoms with Crippen LogP contribution >= 0.6 is 0 Å². The molecule has 12 radical (unpaired) electrons. The van der Waals surface area contributed by atoms with Gasteiger partial charge in [0.1, 0.15) is 13.7 Å².